The highest BCUT2D eigenvalue weighted by Gasteiger charge is 2.67. The topological polar surface area (TPSA) is 50.1 Å². The monoisotopic (exact) mass is 281 g/mol. The van der Waals surface area contributed by atoms with Crippen molar-refractivity contribution in [2.45, 2.75) is 25.2 Å². The van der Waals surface area contributed by atoms with Crippen LogP contribution in [0.15, 0.2) is 24.3 Å². The second-order valence-electron chi connectivity index (χ2n) is 6.75. The van der Waals surface area contributed by atoms with Crippen molar-refractivity contribution in [1.82, 2.24) is 0 Å². The van der Waals surface area contributed by atoms with Gasteiger partial charge in [-0.1, -0.05) is 12.1 Å². The van der Waals surface area contributed by atoms with Gasteiger partial charge in [-0.15, -0.1) is 0 Å². The lowest BCUT2D eigenvalue weighted by Gasteiger charge is -2.12. The molecule has 3 nitrogen and oxygen atoms in total. The fourth-order valence-electron chi connectivity index (χ4n) is 5.00. The lowest BCUT2D eigenvalue weighted by molar-refractivity contribution is -0.121. The molecule has 3 aliphatic rings. The number of ether oxygens (including phenoxy) is 1. The van der Waals surface area contributed by atoms with Crippen LogP contribution in [0, 0.1) is 40.9 Å². The summed E-state index contributed by atoms with van der Waals surface area (Å²) in [7, 11) is 1.61. The average Bonchev–Trinajstić information content (AvgIpc) is 2.96. The summed E-state index contributed by atoms with van der Waals surface area (Å²) in [5.74, 6) is 3.22. The molecule has 108 valence electrons. The van der Waals surface area contributed by atoms with Gasteiger partial charge in [0.1, 0.15) is 11.7 Å². The zero-order valence-corrected chi connectivity index (χ0v) is 12.2. The molecule has 1 aromatic carbocycles. The van der Waals surface area contributed by atoms with Gasteiger partial charge in [-0.2, -0.15) is 5.26 Å². The number of hydrogen-bond acceptors (Lipinski definition) is 3. The van der Waals surface area contributed by atoms with Crippen LogP contribution < -0.4 is 4.74 Å². The maximum absolute atomic E-state index is 12.8. The van der Waals surface area contributed by atoms with Crippen LogP contribution in [0.2, 0.25) is 0 Å². The van der Waals surface area contributed by atoms with Crippen LogP contribution in [0.4, 0.5) is 0 Å². The van der Waals surface area contributed by atoms with Gasteiger partial charge in [-0.25, -0.2) is 0 Å². The van der Waals surface area contributed by atoms with E-state index in [9.17, 15) is 10.1 Å². The molecule has 0 radical (unpaired) electrons. The van der Waals surface area contributed by atoms with Crippen molar-refractivity contribution in [2.24, 2.45) is 29.6 Å². The summed E-state index contributed by atoms with van der Waals surface area (Å²) in [5.41, 5.74) is 0.806. The van der Waals surface area contributed by atoms with Crippen molar-refractivity contribution in [3.8, 4) is 11.8 Å². The summed E-state index contributed by atoms with van der Waals surface area (Å²) in [6, 6.07) is 9.56. The van der Waals surface area contributed by atoms with Crippen LogP contribution in [0.1, 0.15) is 30.7 Å². The standard InChI is InChI=1S/C18H19NO2/c1-21-13-6-4-10(5-7-13)14(9-19)18(20)17-15-11-2-3-12(8-11)16(15)17/h4-7,11-12,14-17H,2-3,8H2,1H3. The second kappa shape index (κ2) is 4.59. The van der Waals surface area contributed by atoms with Gasteiger partial charge in [0.25, 0.3) is 0 Å². The van der Waals surface area contributed by atoms with E-state index in [-0.39, 0.29) is 11.7 Å². The number of nitrogens with zero attached hydrogens (tertiary/aromatic N) is 1. The van der Waals surface area contributed by atoms with E-state index in [2.05, 4.69) is 6.07 Å². The molecule has 0 heterocycles. The molecule has 0 aliphatic heterocycles. The highest BCUT2D eigenvalue weighted by Crippen LogP contribution is 2.70. The smallest absolute Gasteiger partial charge is 0.158 e. The van der Waals surface area contributed by atoms with Crippen LogP contribution in [-0.4, -0.2) is 12.9 Å². The number of carbonyl (C=O) groups is 1. The molecule has 4 rings (SSSR count). The Kier molecular flexibility index (Phi) is 2.82. The van der Waals surface area contributed by atoms with Crippen molar-refractivity contribution in [3.05, 3.63) is 29.8 Å². The Morgan fingerprint density at radius 2 is 1.86 bits per heavy atom. The van der Waals surface area contributed by atoms with Crippen LogP contribution >= 0.6 is 0 Å². The van der Waals surface area contributed by atoms with E-state index in [1.54, 1.807) is 7.11 Å². The van der Waals surface area contributed by atoms with Crippen molar-refractivity contribution >= 4 is 5.78 Å². The summed E-state index contributed by atoms with van der Waals surface area (Å²) >= 11 is 0. The van der Waals surface area contributed by atoms with Gasteiger partial charge in [0.15, 0.2) is 5.78 Å². The van der Waals surface area contributed by atoms with Gasteiger partial charge < -0.3 is 4.74 Å². The summed E-state index contributed by atoms with van der Waals surface area (Å²) in [6.45, 7) is 0. The highest BCUT2D eigenvalue weighted by molar-refractivity contribution is 5.93. The van der Waals surface area contributed by atoms with Gasteiger partial charge in [-0.3, -0.25) is 4.79 Å². The molecule has 0 saturated heterocycles. The normalized spacial score (nSPS) is 36.7. The molecule has 0 spiro atoms. The fraction of sp³-hybridized carbons (Fsp3) is 0.556. The van der Waals surface area contributed by atoms with Gasteiger partial charge >= 0.3 is 0 Å². The molecule has 0 N–H and O–H groups in total. The largest absolute Gasteiger partial charge is 0.497 e. The Morgan fingerprint density at radius 3 is 2.38 bits per heavy atom. The molecule has 0 amide bonds. The predicted octanol–water partition coefficient (Wildman–Crippen LogP) is 3.16. The zero-order chi connectivity index (χ0) is 14.6. The minimum atomic E-state index is -0.606. The SMILES string of the molecule is COc1ccc(C(C#N)C(=O)C2C3C4CCC(C4)C23)cc1. The van der Waals surface area contributed by atoms with Crippen molar-refractivity contribution in [2.75, 3.05) is 7.11 Å². The van der Waals surface area contributed by atoms with E-state index in [1.807, 2.05) is 24.3 Å². The molecule has 3 heteroatoms. The fourth-order valence-corrected chi connectivity index (χ4v) is 5.00. The molecular weight excluding hydrogens is 262 g/mol. The summed E-state index contributed by atoms with van der Waals surface area (Å²) in [6.07, 6.45) is 3.93. The number of benzene rings is 1. The third kappa shape index (κ3) is 1.82. The first-order chi connectivity index (χ1) is 10.2. The van der Waals surface area contributed by atoms with E-state index in [0.29, 0.717) is 11.8 Å². The lowest BCUT2D eigenvalue weighted by atomic mass is 9.89. The molecule has 5 atom stereocenters. The number of Topliss-reactive ketones (excluding diaryl/α,β-unsaturated/α-hetero) is 1. The van der Waals surface area contributed by atoms with Crippen molar-refractivity contribution in [3.63, 3.8) is 0 Å². The number of nitriles is 1. The third-order valence-electron chi connectivity index (χ3n) is 5.93. The van der Waals surface area contributed by atoms with Crippen LogP contribution in [0.5, 0.6) is 5.75 Å². The average molecular weight is 281 g/mol. The van der Waals surface area contributed by atoms with Gasteiger partial charge in [0.05, 0.1) is 13.2 Å². The number of ketones is 1. The van der Waals surface area contributed by atoms with E-state index in [1.165, 1.54) is 19.3 Å². The molecule has 21 heavy (non-hydrogen) atoms. The number of carbonyl (C=O) groups excluding carboxylic acids is 1. The molecule has 1 aromatic rings. The Balaban J connectivity index is 1.54. The zero-order valence-electron chi connectivity index (χ0n) is 12.2. The summed E-state index contributed by atoms with van der Waals surface area (Å²) in [5, 5.41) is 9.46. The van der Waals surface area contributed by atoms with Crippen LogP contribution in [-0.2, 0) is 4.79 Å². The van der Waals surface area contributed by atoms with Gasteiger partial charge in [0.2, 0.25) is 0 Å². The molecule has 0 aromatic heterocycles. The Morgan fingerprint density at radius 1 is 1.24 bits per heavy atom. The highest BCUT2D eigenvalue weighted by atomic mass is 16.5. The first kappa shape index (κ1) is 12.9. The first-order valence-corrected chi connectivity index (χ1v) is 7.82. The van der Waals surface area contributed by atoms with Crippen molar-refractivity contribution in [1.29, 1.82) is 5.26 Å². The molecule has 3 saturated carbocycles. The Hall–Kier alpha value is -1.82. The van der Waals surface area contributed by atoms with E-state index in [0.717, 1.165) is 23.1 Å². The predicted molar refractivity (Wildman–Crippen MR) is 77.7 cm³/mol. The van der Waals surface area contributed by atoms with E-state index in [4.69, 9.17) is 4.74 Å². The minimum absolute atomic E-state index is 0.161. The van der Waals surface area contributed by atoms with E-state index < -0.39 is 5.92 Å². The Bertz CT molecular complexity index is 599. The van der Waals surface area contributed by atoms with Crippen LogP contribution in [0.25, 0.3) is 0 Å². The number of rotatable bonds is 4. The lowest BCUT2D eigenvalue weighted by Crippen LogP contribution is -2.17. The molecule has 3 fully saturated rings. The summed E-state index contributed by atoms with van der Waals surface area (Å²) in [4.78, 5) is 12.8. The third-order valence-corrected chi connectivity index (χ3v) is 5.93. The number of fused-ring (bicyclic) bond motifs is 5. The maximum Gasteiger partial charge on any atom is 0.158 e. The quantitative estimate of drug-likeness (QED) is 0.851. The molecule has 3 aliphatic carbocycles. The second-order valence-corrected chi connectivity index (χ2v) is 6.75. The molecular formula is C18H19NO2. The molecule has 2 bridgehead atoms. The maximum atomic E-state index is 12.8. The number of methoxy groups -OCH3 is 1. The minimum Gasteiger partial charge on any atom is -0.497 e. The first-order valence-electron chi connectivity index (χ1n) is 7.82. The van der Waals surface area contributed by atoms with Gasteiger partial charge in [-0.05, 0) is 60.6 Å². The van der Waals surface area contributed by atoms with Crippen LogP contribution in [0.3, 0.4) is 0 Å². The molecule has 5 unspecified atom stereocenters. The number of hydrogen-bond donors (Lipinski definition) is 0. The summed E-state index contributed by atoms with van der Waals surface area (Å²) < 4.78 is 5.13. The van der Waals surface area contributed by atoms with Crippen molar-refractivity contribution < 1.29 is 9.53 Å². The van der Waals surface area contributed by atoms with E-state index >= 15 is 0 Å². The van der Waals surface area contributed by atoms with Gasteiger partial charge in [0, 0.05) is 5.92 Å². The Labute approximate surface area is 124 Å².